The molecule has 1 amide bonds. The van der Waals surface area contributed by atoms with Crippen LogP contribution in [0.2, 0.25) is 0 Å². The molecule has 0 bridgehead atoms. The normalized spacial score (nSPS) is 14.1. The van der Waals surface area contributed by atoms with E-state index < -0.39 is 5.97 Å². The molecule has 1 N–H and O–H groups in total. The van der Waals surface area contributed by atoms with Gasteiger partial charge in [0, 0.05) is 13.1 Å². The van der Waals surface area contributed by atoms with Crippen molar-refractivity contribution in [3.8, 4) is 0 Å². The molecule has 0 unspecified atom stereocenters. The van der Waals surface area contributed by atoms with Gasteiger partial charge in [0.1, 0.15) is 5.52 Å². The average Bonchev–Trinajstić information content (AvgIpc) is 3.09. The van der Waals surface area contributed by atoms with Crippen LogP contribution in [0.15, 0.2) is 29.8 Å². The van der Waals surface area contributed by atoms with E-state index in [9.17, 15) is 9.59 Å². The minimum absolute atomic E-state index is 0.280. The maximum absolute atomic E-state index is 12.1. The fourth-order valence-corrected chi connectivity index (χ4v) is 3.09. The molecular weight excluding hydrogens is 332 g/mol. The molecule has 0 aliphatic heterocycles. The molecule has 3 rings (SSSR count). The van der Waals surface area contributed by atoms with Crippen molar-refractivity contribution in [2.24, 2.45) is 0 Å². The number of carbonyl (C=O) groups is 2. The van der Waals surface area contributed by atoms with Crippen LogP contribution in [0.4, 0.5) is 0 Å². The molecule has 0 fully saturated rings. The Labute approximate surface area is 152 Å². The van der Waals surface area contributed by atoms with Crippen molar-refractivity contribution in [2.75, 3.05) is 13.2 Å². The summed E-state index contributed by atoms with van der Waals surface area (Å²) in [5.41, 5.74) is 3.26. The lowest BCUT2D eigenvalue weighted by Crippen LogP contribution is -2.29. The Morgan fingerprint density at radius 3 is 2.96 bits per heavy atom. The summed E-state index contributed by atoms with van der Waals surface area (Å²) in [4.78, 5) is 24.0. The summed E-state index contributed by atoms with van der Waals surface area (Å²) in [6.07, 6.45) is 7.87. The monoisotopic (exact) mass is 356 g/mol. The predicted octanol–water partition coefficient (Wildman–Crippen LogP) is 2.61. The number of ether oxygens (including phenoxy) is 1. The van der Waals surface area contributed by atoms with E-state index in [4.69, 9.17) is 4.74 Å². The van der Waals surface area contributed by atoms with Gasteiger partial charge in [-0.1, -0.05) is 16.9 Å². The number of hydrogen-bond donors (Lipinski definition) is 1. The lowest BCUT2D eigenvalue weighted by Gasteiger charge is -2.13. The molecule has 1 aliphatic carbocycles. The van der Waals surface area contributed by atoms with Crippen LogP contribution in [-0.2, 0) is 16.1 Å². The number of allylic oxidation sites excluding steroid dienone is 1. The van der Waals surface area contributed by atoms with E-state index >= 15 is 0 Å². The fraction of sp³-hybridized carbons (Fsp3) is 0.474. The number of aromatic nitrogens is 3. The van der Waals surface area contributed by atoms with Crippen LogP contribution in [-0.4, -0.2) is 40.0 Å². The molecule has 1 aliphatic rings. The second kappa shape index (κ2) is 8.60. The maximum Gasteiger partial charge on any atom is 0.338 e. The van der Waals surface area contributed by atoms with Gasteiger partial charge in [0.05, 0.1) is 11.1 Å². The van der Waals surface area contributed by atoms with Gasteiger partial charge in [0.25, 0.3) is 5.91 Å². The Kier molecular flexibility index (Phi) is 5.99. The molecule has 0 radical (unpaired) electrons. The van der Waals surface area contributed by atoms with Crippen LogP contribution in [0.1, 0.15) is 49.4 Å². The van der Waals surface area contributed by atoms with Gasteiger partial charge >= 0.3 is 5.97 Å². The Morgan fingerprint density at radius 1 is 1.31 bits per heavy atom. The Hall–Kier alpha value is -2.70. The molecule has 138 valence electrons. The molecule has 7 nitrogen and oxygen atoms in total. The van der Waals surface area contributed by atoms with Crippen LogP contribution in [0.5, 0.6) is 0 Å². The Morgan fingerprint density at radius 2 is 2.19 bits per heavy atom. The number of amides is 1. The van der Waals surface area contributed by atoms with Crippen molar-refractivity contribution in [3.05, 3.63) is 35.4 Å². The minimum Gasteiger partial charge on any atom is -0.452 e. The lowest BCUT2D eigenvalue weighted by molar-refractivity contribution is -0.124. The smallest absolute Gasteiger partial charge is 0.338 e. The largest absolute Gasteiger partial charge is 0.452 e. The molecule has 1 aromatic heterocycles. The van der Waals surface area contributed by atoms with Gasteiger partial charge in [0.15, 0.2) is 6.61 Å². The van der Waals surface area contributed by atoms with Crippen LogP contribution in [0.3, 0.4) is 0 Å². The van der Waals surface area contributed by atoms with E-state index in [1.54, 1.807) is 22.9 Å². The van der Waals surface area contributed by atoms with Crippen molar-refractivity contribution in [3.63, 3.8) is 0 Å². The van der Waals surface area contributed by atoms with E-state index in [1.807, 2.05) is 6.92 Å². The number of rotatable bonds is 7. The topological polar surface area (TPSA) is 86.1 Å². The third-order valence-corrected chi connectivity index (χ3v) is 4.54. The summed E-state index contributed by atoms with van der Waals surface area (Å²) in [7, 11) is 0. The molecule has 2 aromatic rings. The van der Waals surface area contributed by atoms with Crippen LogP contribution >= 0.6 is 0 Å². The third-order valence-electron chi connectivity index (χ3n) is 4.54. The van der Waals surface area contributed by atoms with Crippen molar-refractivity contribution >= 4 is 22.9 Å². The van der Waals surface area contributed by atoms with E-state index in [2.05, 4.69) is 21.7 Å². The first kappa shape index (κ1) is 18.1. The Bertz CT molecular complexity index is 825. The first-order valence-electron chi connectivity index (χ1n) is 9.12. The number of nitrogens with zero attached hydrogens (tertiary/aromatic N) is 3. The number of benzene rings is 1. The fourth-order valence-electron chi connectivity index (χ4n) is 3.09. The summed E-state index contributed by atoms with van der Waals surface area (Å²) in [5, 5.41) is 10.8. The van der Waals surface area contributed by atoms with E-state index in [1.165, 1.54) is 18.4 Å². The average molecular weight is 356 g/mol. The van der Waals surface area contributed by atoms with Crippen LogP contribution in [0.25, 0.3) is 11.0 Å². The van der Waals surface area contributed by atoms with Gasteiger partial charge < -0.3 is 10.1 Å². The zero-order valence-corrected chi connectivity index (χ0v) is 15.0. The zero-order chi connectivity index (χ0) is 18.4. The van der Waals surface area contributed by atoms with Crippen molar-refractivity contribution in [2.45, 2.75) is 45.6 Å². The molecule has 0 spiro atoms. The van der Waals surface area contributed by atoms with E-state index in [0.29, 0.717) is 24.2 Å². The van der Waals surface area contributed by atoms with Gasteiger partial charge in [0.2, 0.25) is 0 Å². The van der Waals surface area contributed by atoms with Crippen LogP contribution in [0, 0.1) is 0 Å². The van der Waals surface area contributed by atoms with Gasteiger partial charge in [-0.2, -0.15) is 0 Å². The molecule has 0 atom stereocenters. The van der Waals surface area contributed by atoms with Crippen LogP contribution < -0.4 is 5.32 Å². The van der Waals surface area contributed by atoms with Gasteiger partial charge in [-0.05, 0) is 57.2 Å². The number of fused-ring (bicyclic) bond motifs is 1. The quantitative estimate of drug-likeness (QED) is 0.609. The van der Waals surface area contributed by atoms with Gasteiger partial charge in [-0.15, -0.1) is 5.10 Å². The standard InChI is InChI=1S/C19H24N4O3/c1-2-23-17-9-8-15(12-16(17)21-22-23)19(25)26-13-18(24)20-11-10-14-6-4-3-5-7-14/h6,8-9,12H,2-5,7,10-11,13H2,1H3,(H,20,24). The minimum atomic E-state index is -0.539. The van der Waals surface area contributed by atoms with Crippen molar-refractivity contribution in [1.29, 1.82) is 0 Å². The third kappa shape index (κ3) is 4.47. The Balaban J connectivity index is 1.45. The first-order chi connectivity index (χ1) is 12.7. The lowest BCUT2D eigenvalue weighted by atomic mass is 9.97. The molecule has 26 heavy (non-hydrogen) atoms. The number of carbonyl (C=O) groups excluding carboxylic acids is 2. The van der Waals surface area contributed by atoms with Gasteiger partial charge in [-0.25, -0.2) is 9.48 Å². The summed E-state index contributed by atoms with van der Waals surface area (Å²) in [6, 6.07) is 5.07. The van der Waals surface area contributed by atoms with E-state index in [0.717, 1.165) is 24.8 Å². The second-order valence-electron chi connectivity index (χ2n) is 6.39. The zero-order valence-electron chi connectivity index (χ0n) is 15.0. The molecule has 1 heterocycles. The number of aryl methyl sites for hydroxylation is 1. The SMILES string of the molecule is CCn1nnc2cc(C(=O)OCC(=O)NCCC3=CCCCC3)ccc21. The summed E-state index contributed by atoms with van der Waals surface area (Å²) < 4.78 is 6.84. The maximum atomic E-state index is 12.1. The predicted molar refractivity (Wildman–Crippen MR) is 97.7 cm³/mol. The molecule has 1 aromatic carbocycles. The number of nitrogens with one attached hydrogen (secondary N) is 1. The molecule has 0 saturated heterocycles. The number of hydrogen-bond acceptors (Lipinski definition) is 5. The number of esters is 1. The summed E-state index contributed by atoms with van der Waals surface area (Å²) in [6.45, 7) is 2.98. The van der Waals surface area contributed by atoms with Crippen molar-refractivity contribution in [1.82, 2.24) is 20.3 Å². The highest BCUT2D eigenvalue weighted by atomic mass is 16.5. The highest BCUT2D eigenvalue weighted by Crippen LogP contribution is 2.19. The summed E-state index contributed by atoms with van der Waals surface area (Å²) >= 11 is 0. The first-order valence-corrected chi connectivity index (χ1v) is 9.12. The highest BCUT2D eigenvalue weighted by Gasteiger charge is 2.13. The summed E-state index contributed by atoms with van der Waals surface area (Å²) in [5.74, 6) is -0.823. The van der Waals surface area contributed by atoms with Gasteiger partial charge in [-0.3, -0.25) is 4.79 Å². The molecule has 7 heteroatoms. The highest BCUT2D eigenvalue weighted by molar-refractivity contribution is 5.94. The van der Waals surface area contributed by atoms with Crippen molar-refractivity contribution < 1.29 is 14.3 Å². The second-order valence-corrected chi connectivity index (χ2v) is 6.39. The molecular formula is C19H24N4O3. The molecule has 0 saturated carbocycles. The van der Waals surface area contributed by atoms with E-state index in [-0.39, 0.29) is 12.5 Å².